The van der Waals surface area contributed by atoms with Gasteiger partial charge in [-0.05, 0) is 31.4 Å². The highest BCUT2D eigenvalue weighted by Crippen LogP contribution is 2.23. The van der Waals surface area contributed by atoms with Crippen molar-refractivity contribution in [2.45, 2.75) is 44.6 Å². The molecule has 0 aromatic heterocycles. The summed E-state index contributed by atoms with van der Waals surface area (Å²) in [6.45, 7) is 7.61. The van der Waals surface area contributed by atoms with Crippen LogP contribution >= 0.6 is 0 Å². The van der Waals surface area contributed by atoms with Crippen molar-refractivity contribution in [3.63, 3.8) is 0 Å². The number of nitrogens with one attached hydrogen (secondary N) is 1. The van der Waals surface area contributed by atoms with Gasteiger partial charge in [-0.3, -0.25) is 0 Å². The Morgan fingerprint density at radius 3 is 2.12 bits per heavy atom. The maximum Gasteiger partial charge on any atom is 0.241 e. The van der Waals surface area contributed by atoms with Gasteiger partial charge in [0.25, 0.3) is 0 Å². The summed E-state index contributed by atoms with van der Waals surface area (Å²) in [5.74, 6) is 0.194. The first kappa shape index (κ1) is 13.2. The molecule has 1 rings (SSSR count). The molecule has 16 heavy (non-hydrogen) atoms. The van der Waals surface area contributed by atoms with Crippen LogP contribution in [0.1, 0.15) is 39.2 Å². The first-order valence-corrected chi connectivity index (χ1v) is 6.94. The summed E-state index contributed by atoms with van der Waals surface area (Å²) in [5, 5.41) is 0. The zero-order valence-corrected chi connectivity index (χ0v) is 11.0. The van der Waals surface area contributed by atoms with Gasteiger partial charge in [-0.1, -0.05) is 32.0 Å². The fraction of sp³-hybridized carbons (Fsp3) is 0.500. The Morgan fingerprint density at radius 2 is 1.62 bits per heavy atom. The monoisotopic (exact) mass is 241 g/mol. The molecule has 0 saturated heterocycles. The lowest BCUT2D eigenvalue weighted by molar-refractivity contribution is 0.567. The first-order valence-electron chi connectivity index (χ1n) is 5.46. The van der Waals surface area contributed by atoms with Gasteiger partial charge in [-0.15, -0.1) is 0 Å². The van der Waals surface area contributed by atoms with E-state index in [4.69, 9.17) is 0 Å². The lowest BCUT2D eigenvalue weighted by Gasteiger charge is -2.15. The zero-order chi connectivity index (χ0) is 12.3. The Balaban J connectivity index is 3.22. The molecule has 0 unspecified atom stereocenters. The third-order valence-electron chi connectivity index (χ3n) is 2.22. The van der Waals surface area contributed by atoms with E-state index in [1.165, 1.54) is 0 Å². The topological polar surface area (TPSA) is 46.2 Å². The minimum atomic E-state index is -3.39. The lowest BCUT2D eigenvalue weighted by atomic mass is 10.0. The van der Waals surface area contributed by atoms with Crippen molar-refractivity contribution in [1.82, 2.24) is 4.72 Å². The van der Waals surface area contributed by atoms with E-state index < -0.39 is 10.0 Å². The fourth-order valence-electron chi connectivity index (χ4n) is 1.58. The second kappa shape index (κ2) is 4.97. The molecular weight excluding hydrogens is 222 g/mol. The summed E-state index contributed by atoms with van der Waals surface area (Å²) in [7, 11) is -3.39. The standard InChI is InChI=1S/C12H19NO2S/c1-9(2)11-7-5-6-8-12(11)16(14,15)13-10(3)4/h5-10,13H,1-4H3. The molecule has 1 N–H and O–H groups in total. The Hall–Kier alpha value is -0.870. The minimum Gasteiger partial charge on any atom is -0.209 e. The summed E-state index contributed by atoms with van der Waals surface area (Å²) < 4.78 is 26.7. The lowest BCUT2D eigenvalue weighted by Crippen LogP contribution is -2.31. The van der Waals surface area contributed by atoms with Crippen molar-refractivity contribution in [2.24, 2.45) is 0 Å². The molecule has 0 amide bonds. The smallest absolute Gasteiger partial charge is 0.209 e. The van der Waals surface area contributed by atoms with E-state index in [0.717, 1.165) is 5.56 Å². The van der Waals surface area contributed by atoms with E-state index in [1.807, 2.05) is 39.8 Å². The van der Waals surface area contributed by atoms with Gasteiger partial charge in [0, 0.05) is 6.04 Å². The van der Waals surface area contributed by atoms with Crippen molar-refractivity contribution in [3.8, 4) is 0 Å². The van der Waals surface area contributed by atoms with Crippen molar-refractivity contribution in [1.29, 1.82) is 0 Å². The Labute approximate surface area is 97.9 Å². The first-order chi connectivity index (χ1) is 7.34. The Morgan fingerprint density at radius 1 is 1.06 bits per heavy atom. The molecule has 0 radical (unpaired) electrons. The molecular formula is C12H19NO2S. The van der Waals surface area contributed by atoms with E-state index in [1.54, 1.807) is 12.1 Å². The van der Waals surface area contributed by atoms with Crippen molar-refractivity contribution >= 4 is 10.0 Å². The minimum absolute atomic E-state index is 0.0924. The number of benzene rings is 1. The maximum atomic E-state index is 12.1. The van der Waals surface area contributed by atoms with Crippen LogP contribution in [0.3, 0.4) is 0 Å². The van der Waals surface area contributed by atoms with Crippen LogP contribution in [-0.2, 0) is 10.0 Å². The molecule has 3 nitrogen and oxygen atoms in total. The van der Waals surface area contributed by atoms with Crippen LogP contribution in [0.4, 0.5) is 0 Å². The van der Waals surface area contributed by atoms with Gasteiger partial charge in [0.1, 0.15) is 0 Å². The average Bonchev–Trinajstić information content (AvgIpc) is 2.15. The van der Waals surface area contributed by atoms with Crippen molar-refractivity contribution in [2.75, 3.05) is 0 Å². The second-order valence-corrected chi connectivity index (χ2v) is 6.15. The van der Waals surface area contributed by atoms with Crippen molar-refractivity contribution in [3.05, 3.63) is 29.8 Å². The number of rotatable bonds is 4. The summed E-state index contributed by atoms with van der Waals surface area (Å²) in [6, 6.07) is 7.04. The second-order valence-electron chi connectivity index (χ2n) is 4.47. The molecule has 0 heterocycles. The molecule has 1 aromatic carbocycles. The van der Waals surface area contributed by atoms with Crippen LogP contribution in [-0.4, -0.2) is 14.5 Å². The highest BCUT2D eigenvalue weighted by atomic mass is 32.2. The molecule has 0 fully saturated rings. The van der Waals surface area contributed by atoms with Gasteiger partial charge in [0.15, 0.2) is 0 Å². The van der Waals surface area contributed by atoms with Gasteiger partial charge in [0.05, 0.1) is 4.90 Å². The van der Waals surface area contributed by atoms with Crippen LogP contribution in [0.15, 0.2) is 29.2 Å². The van der Waals surface area contributed by atoms with Gasteiger partial charge < -0.3 is 0 Å². The summed E-state index contributed by atoms with van der Waals surface area (Å²) in [4.78, 5) is 0.388. The number of hydrogen-bond donors (Lipinski definition) is 1. The molecule has 0 spiro atoms. The summed E-state index contributed by atoms with van der Waals surface area (Å²) in [6.07, 6.45) is 0. The quantitative estimate of drug-likeness (QED) is 0.880. The van der Waals surface area contributed by atoms with Crippen LogP contribution < -0.4 is 4.72 Å². The predicted octanol–water partition coefficient (Wildman–Crippen LogP) is 2.50. The van der Waals surface area contributed by atoms with E-state index >= 15 is 0 Å². The van der Waals surface area contributed by atoms with Gasteiger partial charge in [-0.25, -0.2) is 13.1 Å². The zero-order valence-electron chi connectivity index (χ0n) is 10.2. The van der Waals surface area contributed by atoms with Gasteiger partial charge in [0.2, 0.25) is 10.0 Å². The van der Waals surface area contributed by atoms with Gasteiger partial charge in [-0.2, -0.15) is 0 Å². The Bertz CT molecular complexity index is 450. The van der Waals surface area contributed by atoms with E-state index in [-0.39, 0.29) is 12.0 Å². The van der Waals surface area contributed by atoms with Crippen LogP contribution in [0.2, 0.25) is 0 Å². The highest BCUT2D eigenvalue weighted by molar-refractivity contribution is 7.89. The molecule has 4 heteroatoms. The van der Waals surface area contributed by atoms with Crippen molar-refractivity contribution < 1.29 is 8.42 Å². The summed E-state index contributed by atoms with van der Waals surface area (Å²) in [5.41, 5.74) is 0.857. The molecule has 0 atom stereocenters. The van der Waals surface area contributed by atoms with E-state index in [9.17, 15) is 8.42 Å². The predicted molar refractivity (Wildman–Crippen MR) is 66.0 cm³/mol. The molecule has 0 aliphatic rings. The van der Waals surface area contributed by atoms with E-state index in [0.29, 0.717) is 4.90 Å². The fourth-order valence-corrected chi connectivity index (χ4v) is 3.20. The third-order valence-corrected chi connectivity index (χ3v) is 3.95. The van der Waals surface area contributed by atoms with Crippen LogP contribution in [0.5, 0.6) is 0 Å². The van der Waals surface area contributed by atoms with Gasteiger partial charge >= 0.3 is 0 Å². The largest absolute Gasteiger partial charge is 0.241 e. The number of sulfonamides is 1. The maximum absolute atomic E-state index is 12.1. The van der Waals surface area contributed by atoms with Crippen LogP contribution in [0, 0.1) is 0 Å². The molecule has 0 saturated carbocycles. The van der Waals surface area contributed by atoms with Crippen LogP contribution in [0.25, 0.3) is 0 Å². The Kier molecular flexibility index (Phi) is 4.10. The molecule has 1 aromatic rings. The summed E-state index contributed by atoms with van der Waals surface area (Å²) >= 11 is 0. The molecule has 0 bridgehead atoms. The van der Waals surface area contributed by atoms with E-state index in [2.05, 4.69) is 4.72 Å². The number of hydrogen-bond acceptors (Lipinski definition) is 2. The third kappa shape index (κ3) is 3.06. The molecule has 0 aliphatic carbocycles. The SMILES string of the molecule is CC(C)NS(=O)(=O)c1ccccc1C(C)C. The average molecular weight is 241 g/mol. The normalized spacial score (nSPS) is 12.4. The molecule has 90 valence electrons. The molecule has 0 aliphatic heterocycles. The highest BCUT2D eigenvalue weighted by Gasteiger charge is 2.19.